The summed E-state index contributed by atoms with van der Waals surface area (Å²) in [6.45, 7) is 8.93. The number of nitrogens with zero attached hydrogens (tertiary/aromatic N) is 10. The van der Waals surface area contributed by atoms with Crippen LogP contribution in [0.1, 0.15) is 49.9 Å². The summed E-state index contributed by atoms with van der Waals surface area (Å²) in [5.41, 5.74) is 21.7. The summed E-state index contributed by atoms with van der Waals surface area (Å²) >= 11 is 5.99. The highest BCUT2D eigenvalue weighted by atomic mass is 35.5. The number of rotatable bonds is 10. The van der Waals surface area contributed by atoms with E-state index in [4.69, 9.17) is 46.5 Å². The Morgan fingerprint density at radius 2 is 0.598 bits per heavy atom. The average molecular weight is 1340 g/mol. The average Bonchev–Trinajstić information content (AvgIpc) is 1.56. The molecule has 0 fully saturated rings. The van der Waals surface area contributed by atoms with Gasteiger partial charge < -0.3 is 10.0 Å². The van der Waals surface area contributed by atoms with E-state index in [1.807, 2.05) is 188 Å². The molecule has 0 aliphatic heterocycles. The van der Waals surface area contributed by atoms with Crippen LogP contribution in [-0.4, -0.2) is 67.0 Å². The second kappa shape index (κ2) is 27.0. The Bertz CT molecular complexity index is 5700. The van der Waals surface area contributed by atoms with Crippen LogP contribution in [0, 0.1) is 0 Å². The first-order valence-corrected chi connectivity index (χ1v) is 34.2. The predicted molar refractivity (Wildman–Crippen MR) is 411 cm³/mol. The van der Waals surface area contributed by atoms with Gasteiger partial charge in [0.05, 0.1) is 22.4 Å². The van der Waals surface area contributed by atoms with E-state index in [0.717, 1.165) is 106 Å². The van der Waals surface area contributed by atoms with Gasteiger partial charge in [0.25, 0.3) is 0 Å². The van der Waals surface area contributed by atoms with Gasteiger partial charge in [-0.2, -0.15) is 9.97 Å². The van der Waals surface area contributed by atoms with E-state index in [1.54, 1.807) is 6.07 Å². The highest BCUT2D eigenvalue weighted by molar-refractivity contribution is 6.58. The number of fused-ring (bicyclic) bond motifs is 8. The number of hydrogen-bond donors (Lipinski definition) is 2. The molecule has 18 rings (SSSR count). The molecule has 12 nitrogen and oxygen atoms in total. The zero-order chi connectivity index (χ0) is 69.5. The first-order chi connectivity index (χ1) is 49.8. The highest BCUT2D eigenvalue weighted by Crippen LogP contribution is 2.54. The van der Waals surface area contributed by atoms with Gasteiger partial charge in [0, 0.05) is 71.7 Å². The zero-order valence-electron chi connectivity index (χ0n) is 56.2. The molecule has 0 saturated heterocycles. The molecule has 16 aromatic rings. The van der Waals surface area contributed by atoms with Crippen molar-refractivity contribution >= 4 is 46.0 Å². The highest BCUT2D eigenvalue weighted by Gasteiger charge is 2.40. The van der Waals surface area contributed by atoms with Crippen LogP contribution in [0.4, 0.5) is 0 Å². The van der Waals surface area contributed by atoms with Gasteiger partial charge >= 0.3 is 7.12 Å². The van der Waals surface area contributed by atoms with Gasteiger partial charge in [-0.25, -0.2) is 39.9 Å². The van der Waals surface area contributed by atoms with Crippen LogP contribution >= 0.6 is 11.6 Å². The van der Waals surface area contributed by atoms with Gasteiger partial charge in [0.15, 0.2) is 40.8 Å². The standard InChI is InChI=1S/C44H31N5.C29H23BN2O2.C15H10ClN3/c1-44(2)35-23-14-22-34(43-45-37-24-13-12-21-33(37)39(46-43)28-15-6-3-7-16-28)38(35)32-26-25-31(27-36(32)44)42-48-40(29-17-8-4-9-18-29)47-41(49-42)30-19-10-5-11-20-30;1-29(2)23-13-8-12-22(26(23)20-16-15-19(30(33)34)17-24(20)29)28-31-25-14-7-6-11-21(25)27(32-28)18-9-4-3-5-10-18;16-15-18-13(11-7-3-1-4-8-11)17-14(19-15)12-9-5-2-6-10-12/h3-27H,1-2H3;3-17,33-34H,1-2H3;1-10H. The normalized spacial score (nSPS) is 12.6. The number of hydrogen-bond acceptors (Lipinski definition) is 12. The summed E-state index contributed by atoms with van der Waals surface area (Å²) in [5, 5.41) is 21.8. The zero-order valence-corrected chi connectivity index (χ0v) is 56.9. The smallest absolute Gasteiger partial charge is 0.423 e. The summed E-state index contributed by atoms with van der Waals surface area (Å²) in [6, 6.07) is 102. The van der Waals surface area contributed by atoms with E-state index >= 15 is 0 Å². The second-order valence-corrected chi connectivity index (χ2v) is 26.6. The van der Waals surface area contributed by atoms with Crippen molar-refractivity contribution < 1.29 is 10.0 Å². The maximum absolute atomic E-state index is 9.75. The van der Waals surface area contributed by atoms with Gasteiger partial charge in [0.1, 0.15) is 0 Å². The monoisotopic (exact) mass is 1340 g/mol. The lowest BCUT2D eigenvalue weighted by Crippen LogP contribution is -2.31. The summed E-state index contributed by atoms with van der Waals surface area (Å²) in [7, 11) is -1.50. The minimum absolute atomic E-state index is 0.202. The van der Waals surface area contributed by atoms with E-state index in [9.17, 15) is 10.0 Å². The number of aromatic nitrogens is 10. The Balaban J connectivity index is 0.000000131. The molecule has 4 aromatic heterocycles. The molecule has 4 heterocycles. The molecule has 0 spiro atoms. The first-order valence-electron chi connectivity index (χ1n) is 33.8. The van der Waals surface area contributed by atoms with Crippen LogP contribution in [0.25, 0.3) is 146 Å². The molecule has 2 aliphatic rings. The molecule has 102 heavy (non-hydrogen) atoms. The predicted octanol–water partition coefficient (Wildman–Crippen LogP) is 19.3. The molecular weight excluding hydrogens is 1280 g/mol. The second-order valence-electron chi connectivity index (χ2n) is 26.2. The molecule has 2 aliphatic carbocycles. The fourth-order valence-corrected chi connectivity index (χ4v) is 14.2. The van der Waals surface area contributed by atoms with Crippen LogP contribution < -0.4 is 5.46 Å². The molecule has 12 aromatic carbocycles. The minimum atomic E-state index is -1.50. The molecule has 0 atom stereocenters. The Hall–Kier alpha value is -12.4. The van der Waals surface area contributed by atoms with Crippen molar-refractivity contribution in [2.24, 2.45) is 0 Å². The molecular formula is C88H64BClN10O2. The minimum Gasteiger partial charge on any atom is -0.423 e. The Morgan fingerprint density at radius 3 is 0.990 bits per heavy atom. The van der Waals surface area contributed by atoms with Crippen molar-refractivity contribution in [3.05, 3.63) is 331 Å². The maximum Gasteiger partial charge on any atom is 0.488 e. The van der Waals surface area contributed by atoms with E-state index in [-0.39, 0.29) is 16.1 Å². The SMILES string of the molecule is CC1(C)c2cc(-c3nc(-c4ccccc4)nc(-c4ccccc4)n3)ccc2-c2c(-c3nc(-c4ccccc4)c4ccccc4n3)cccc21.CC1(C)c2cc(B(O)O)ccc2-c2c(-c3nc(-c4ccccc4)c4ccccc4n3)cccc21.Clc1nc(-c2ccccc2)nc(-c2ccccc2)n1. The molecule has 0 amide bonds. The third-order valence-electron chi connectivity index (χ3n) is 19.1. The molecule has 488 valence electrons. The summed E-state index contributed by atoms with van der Waals surface area (Å²) in [5.74, 6) is 4.52. The topological polar surface area (TPSA) is 169 Å². The van der Waals surface area contributed by atoms with Gasteiger partial charge in [-0.1, -0.05) is 313 Å². The first kappa shape index (κ1) is 64.3. The van der Waals surface area contributed by atoms with Crippen molar-refractivity contribution in [2.45, 2.75) is 38.5 Å². The van der Waals surface area contributed by atoms with Crippen LogP contribution in [0.3, 0.4) is 0 Å². The maximum atomic E-state index is 9.75. The van der Waals surface area contributed by atoms with Crippen molar-refractivity contribution in [1.29, 1.82) is 0 Å². The molecule has 0 bridgehead atoms. The third-order valence-corrected chi connectivity index (χ3v) is 19.3. The summed E-state index contributed by atoms with van der Waals surface area (Å²) in [6.07, 6.45) is 0. The lowest BCUT2D eigenvalue weighted by Gasteiger charge is -2.22. The van der Waals surface area contributed by atoms with Crippen LogP contribution in [0.15, 0.2) is 303 Å². The fraction of sp³-hybridized carbons (Fsp3) is 0.0682. The van der Waals surface area contributed by atoms with Crippen LogP contribution in [-0.2, 0) is 10.8 Å². The Labute approximate surface area is 596 Å². The molecule has 0 radical (unpaired) electrons. The van der Waals surface area contributed by atoms with E-state index < -0.39 is 7.12 Å². The third kappa shape index (κ3) is 12.3. The van der Waals surface area contributed by atoms with Crippen molar-refractivity contribution in [2.75, 3.05) is 0 Å². The van der Waals surface area contributed by atoms with Crippen LogP contribution in [0.2, 0.25) is 5.28 Å². The van der Waals surface area contributed by atoms with Crippen molar-refractivity contribution in [1.82, 2.24) is 49.8 Å². The quantitative estimate of drug-likeness (QED) is 0.124. The number of para-hydroxylation sites is 2. The lowest BCUT2D eigenvalue weighted by molar-refractivity contribution is 0.425. The molecule has 2 N–H and O–H groups in total. The van der Waals surface area contributed by atoms with E-state index in [2.05, 4.69) is 152 Å². The van der Waals surface area contributed by atoms with Crippen molar-refractivity contribution in [3.63, 3.8) is 0 Å². The largest absolute Gasteiger partial charge is 0.488 e. The summed E-state index contributed by atoms with van der Waals surface area (Å²) < 4.78 is 0. The van der Waals surface area contributed by atoms with Crippen LogP contribution in [0.5, 0.6) is 0 Å². The Kier molecular flexibility index (Phi) is 17.0. The van der Waals surface area contributed by atoms with Gasteiger partial charge in [0.2, 0.25) is 5.28 Å². The van der Waals surface area contributed by atoms with Gasteiger partial charge in [-0.05, 0) is 79.8 Å². The molecule has 14 heteroatoms. The number of benzene rings is 12. The molecule has 0 saturated carbocycles. The van der Waals surface area contributed by atoms with Gasteiger partial charge in [-0.3, -0.25) is 0 Å². The van der Waals surface area contributed by atoms with Crippen molar-refractivity contribution in [3.8, 4) is 124 Å². The van der Waals surface area contributed by atoms with E-state index in [1.165, 1.54) is 27.8 Å². The fourth-order valence-electron chi connectivity index (χ4n) is 14.0. The molecule has 0 unspecified atom stereocenters. The van der Waals surface area contributed by atoms with Gasteiger partial charge in [-0.15, -0.1) is 0 Å². The van der Waals surface area contributed by atoms with E-state index in [0.29, 0.717) is 40.4 Å². The lowest BCUT2D eigenvalue weighted by atomic mass is 9.75. The summed E-state index contributed by atoms with van der Waals surface area (Å²) in [4.78, 5) is 48.2. The Morgan fingerprint density at radius 1 is 0.265 bits per heavy atom. The number of halogens is 1.